The monoisotopic (exact) mass is 692 g/mol. The fraction of sp³-hybridized carbons (Fsp3) is 0.267. The predicted octanol–water partition coefficient (Wildman–Crippen LogP) is 1.29. The van der Waals surface area contributed by atoms with Crippen LogP contribution in [0.3, 0.4) is 0 Å². The average molecular weight is 693 g/mol. The lowest BCUT2D eigenvalue weighted by Gasteiger charge is -2.22. The number of carbonyl (C=O) groups excluding carboxylic acids is 4. The van der Waals surface area contributed by atoms with Crippen molar-refractivity contribution in [2.45, 2.75) is 48.7 Å². The van der Waals surface area contributed by atoms with Crippen molar-refractivity contribution in [3.8, 4) is 0 Å². The molecule has 4 rings (SSSR count). The molecule has 250 valence electrons. The van der Waals surface area contributed by atoms with Gasteiger partial charge in [-0.2, -0.15) is 8.78 Å². The van der Waals surface area contributed by atoms with E-state index in [1.807, 2.05) is 4.72 Å². The molecule has 1 saturated heterocycles. The summed E-state index contributed by atoms with van der Waals surface area (Å²) < 4.78 is 65.4. The number of nitrogens with two attached hydrogens (primary N) is 1. The van der Waals surface area contributed by atoms with Gasteiger partial charge in [-0.15, -0.1) is 0 Å². The number of rotatable bonds is 13. The van der Waals surface area contributed by atoms with Crippen molar-refractivity contribution < 1.29 is 50.7 Å². The number of nitrogens with one attached hydrogen (secondary N) is 3. The normalized spacial score (nSPS) is 17.3. The Balaban J connectivity index is 1.46. The van der Waals surface area contributed by atoms with Gasteiger partial charge in [-0.25, -0.2) is 8.42 Å². The lowest BCUT2D eigenvalue weighted by molar-refractivity contribution is -0.131. The Hall–Kier alpha value is -4.50. The summed E-state index contributed by atoms with van der Waals surface area (Å²) in [6.07, 6.45) is -0.667. The first-order chi connectivity index (χ1) is 22.0. The lowest BCUT2D eigenvalue weighted by atomic mass is 10.0. The smallest absolute Gasteiger partial charge is 0.368 e. The second-order valence-corrected chi connectivity index (χ2v) is 14.5. The summed E-state index contributed by atoms with van der Waals surface area (Å²) in [4.78, 5) is 68.2. The molecule has 0 radical (unpaired) electrons. The molecule has 3 aromatic carbocycles. The van der Waals surface area contributed by atoms with Gasteiger partial charge < -0.3 is 26.2 Å². The van der Waals surface area contributed by atoms with Gasteiger partial charge in [0.2, 0.25) is 33.7 Å². The number of carbonyl (C=O) groups is 4. The molecular formula is C30H31F2N4O9PS. The molecule has 0 spiro atoms. The van der Waals surface area contributed by atoms with Crippen LogP contribution in [0.4, 0.5) is 8.78 Å². The molecule has 1 unspecified atom stereocenters. The molecule has 0 aromatic heterocycles. The third-order valence-electron chi connectivity index (χ3n) is 7.42. The van der Waals surface area contributed by atoms with E-state index < -0.39 is 69.8 Å². The van der Waals surface area contributed by atoms with Crippen LogP contribution in [0.2, 0.25) is 0 Å². The molecule has 7 N–H and O–H groups in total. The van der Waals surface area contributed by atoms with E-state index in [-0.39, 0.29) is 31.2 Å². The van der Waals surface area contributed by atoms with E-state index in [9.17, 15) is 40.9 Å². The standard InChI is InChI=1S/C30H31F2N4O9PS/c31-30(32,46(41,42)43)22-12-8-20(9-13-22)16-26(37)34-24(15-18-4-2-1-3-5-18)29(40)35-23(28(33)39)14-19-6-10-21(11-7-19)25-17-27(38)36-47(25,44)45/h1-13,23-25H,14-17H2,(H2,33,39)(H,34,37)(H,35,40)(H,36,38)(H2,41,42,43)/t23-,24-,25?/m0/s1. The van der Waals surface area contributed by atoms with Gasteiger partial charge in [0.25, 0.3) is 0 Å². The predicted molar refractivity (Wildman–Crippen MR) is 164 cm³/mol. The topological polar surface area (TPSA) is 222 Å². The van der Waals surface area contributed by atoms with Crippen LogP contribution in [-0.2, 0) is 58.7 Å². The van der Waals surface area contributed by atoms with E-state index in [1.165, 1.54) is 12.1 Å². The molecule has 1 fully saturated rings. The second kappa shape index (κ2) is 14.1. The van der Waals surface area contributed by atoms with E-state index in [2.05, 4.69) is 10.6 Å². The first-order valence-corrected chi connectivity index (χ1v) is 17.2. The molecule has 47 heavy (non-hydrogen) atoms. The summed E-state index contributed by atoms with van der Waals surface area (Å²) in [6, 6.07) is 16.1. The van der Waals surface area contributed by atoms with Gasteiger partial charge >= 0.3 is 13.3 Å². The van der Waals surface area contributed by atoms with E-state index in [4.69, 9.17) is 15.5 Å². The zero-order chi connectivity index (χ0) is 34.6. The molecule has 3 aromatic rings. The van der Waals surface area contributed by atoms with Crippen LogP contribution in [0.25, 0.3) is 0 Å². The number of halogens is 2. The fourth-order valence-corrected chi connectivity index (χ4v) is 6.84. The highest BCUT2D eigenvalue weighted by atomic mass is 32.2. The van der Waals surface area contributed by atoms with Crippen molar-refractivity contribution in [1.29, 1.82) is 0 Å². The molecule has 0 bridgehead atoms. The number of hydrogen-bond acceptors (Lipinski definition) is 7. The van der Waals surface area contributed by atoms with Crippen LogP contribution in [0.1, 0.15) is 39.5 Å². The third kappa shape index (κ3) is 8.86. The largest absolute Gasteiger partial charge is 0.399 e. The van der Waals surface area contributed by atoms with E-state index >= 15 is 0 Å². The Bertz CT molecular complexity index is 1800. The summed E-state index contributed by atoms with van der Waals surface area (Å²) in [7, 11) is -9.63. The van der Waals surface area contributed by atoms with Gasteiger partial charge in [-0.05, 0) is 22.3 Å². The van der Waals surface area contributed by atoms with Crippen LogP contribution >= 0.6 is 7.60 Å². The minimum absolute atomic E-state index is 0.00859. The van der Waals surface area contributed by atoms with Crippen molar-refractivity contribution in [2.75, 3.05) is 0 Å². The molecule has 13 nitrogen and oxygen atoms in total. The maximum atomic E-state index is 14.0. The molecular weight excluding hydrogens is 661 g/mol. The summed E-state index contributed by atoms with van der Waals surface area (Å²) in [5, 5.41) is 4.06. The van der Waals surface area contributed by atoms with Gasteiger partial charge in [-0.1, -0.05) is 78.9 Å². The fourth-order valence-electron chi connectivity index (χ4n) is 4.93. The molecule has 3 atom stereocenters. The molecule has 4 amide bonds. The number of amides is 4. The summed E-state index contributed by atoms with van der Waals surface area (Å²) in [5.74, 6) is -2.93. The van der Waals surface area contributed by atoms with Gasteiger partial charge in [0, 0.05) is 18.4 Å². The zero-order valence-electron chi connectivity index (χ0n) is 24.5. The third-order valence-corrected chi connectivity index (χ3v) is 10.1. The van der Waals surface area contributed by atoms with Crippen LogP contribution in [0, 0.1) is 0 Å². The minimum Gasteiger partial charge on any atom is -0.368 e. The maximum absolute atomic E-state index is 14.0. The van der Waals surface area contributed by atoms with E-state index in [0.717, 1.165) is 24.3 Å². The van der Waals surface area contributed by atoms with Crippen molar-refractivity contribution in [3.63, 3.8) is 0 Å². The number of primary amides is 1. The van der Waals surface area contributed by atoms with Crippen molar-refractivity contribution >= 4 is 41.2 Å². The molecule has 1 heterocycles. The Morgan fingerprint density at radius 2 is 1.45 bits per heavy atom. The van der Waals surface area contributed by atoms with Crippen molar-refractivity contribution in [2.24, 2.45) is 5.73 Å². The SMILES string of the molecule is NC(=O)[C@H](Cc1ccc(C2CC(=O)NS2(=O)=O)cc1)NC(=O)[C@H](Cc1ccccc1)NC(=O)Cc1ccc(C(F)(F)P(=O)(O)O)cc1. The van der Waals surface area contributed by atoms with Gasteiger partial charge in [0.15, 0.2) is 0 Å². The van der Waals surface area contributed by atoms with Crippen LogP contribution in [0.15, 0.2) is 78.9 Å². The van der Waals surface area contributed by atoms with E-state index in [0.29, 0.717) is 16.7 Å². The van der Waals surface area contributed by atoms with Crippen LogP contribution in [0.5, 0.6) is 0 Å². The Morgan fingerprint density at radius 1 is 0.894 bits per heavy atom. The van der Waals surface area contributed by atoms with Gasteiger partial charge in [0.05, 0.1) is 12.8 Å². The number of hydrogen-bond donors (Lipinski definition) is 6. The first kappa shape index (κ1) is 35.4. The molecule has 0 saturated carbocycles. The molecule has 1 aliphatic rings. The second-order valence-electron chi connectivity index (χ2n) is 10.9. The Labute approximate surface area is 268 Å². The maximum Gasteiger partial charge on any atom is 0.399 e. The van der Waals surface area contributed by atoms with Crippen molar-refractivity contribution in [3.05, 3.63) is 107 Å². The zero-order valence-corrected chi connectivity index (χ0v) is 26.2. The number of sulfonamides is 1. The van der Waals surface area contributed by atoms with E-state index in [1.54, 1.807) is 42.5 Å². The van der Waals surface area contributed by atoms with Crippen LogP contribution < -0.4 is 21.1 Å². The van der Waals surface area contributed by atoms with Gasteiger partial charge in [0.1, 0.15) is 17.3 Å². The first-order valence-electron chi connectivity index (χ1n) is 14.1. The highest BCUT2D eigenvalue weighted by Gasteiger charge is 2.50. The number of benzene rings is 3. The highest BCUT2D eigenvalue weighted by molar-refractivity contribution is 7.90. The molecule has 17 heteroatoms. The summed E-state index contributed by atoms with van der Waals surface area (Å²) >= 11 is 0. The Kier molecular flexibility index (Phi) is 10.6. The van der Waals surface area contributed by atoms with Gasteiger partial charge in [-0.3, -0.25) is 28.5 Å². The van der Waals surface area contributed by atoms with Crippen LogP contribution in [-0.4, -0.2) is 53.9 Å². The van der Waals surface area contributed by atoms with Crippen molar-refractivity contribution in [1.82, 2.24) is 15.4 Å². The minimum atomic E-state index is -5.78. The lowest BCUT2D eigenvalue weighted by Crippen LogP contribution is -2.54. The summed E-state index contributed by atoms with van der Waals surface area (Å²) in [5.41, 5.74) is 1.99. The quantitative estimate of drug-likeness (QED) is 0.142. The molecule has 1 aliphatic heterocycles. The average Bonchev–Trinajstić information content (AvgIpc) is 3.28. The summed E-state index contributed by atoms with van der Waals surface area (Å²) in [6.45, 7) is 0. The Morgan fingerprint density at radius 3 is 1.98 bits per heavy atom. The molecule has 0 aliphatic carbocycles. The number of alkyl halides is 2. The highest BCUT2D eigenvalue weighted by Crippen LogP contribution is 2.59.